The third-order valence-corrected chi connectivity index (χ3v) is 5.48. The van der Waals surface area contributed by atoms with Crippen molar-refractivity contribution in [2.24, 2.45) is 4.99 Å². The Kier molecular flexibility index (Phi) is 11.7. The molecule has 26 heavy (non-hydrogen) atoms. The average molecular weight is 496 g/mol. The van der Waals surface area contributed by atoms with Crippen LogP contribution in [0.15, 0.2) is 10.4 Å². The van der Waals surface area contributed by atoms with Crippen LogP contribution in [0.5, 0.6) is 0 Å². The summed E-state index contributed by atoms with van der Waals surface area (Å²) in [6.07, 6.45) is 3.41. The lowest BCUT2D eigenvalue weighted by molar-refractivity contribution is 0.00989. The van der Waals surface area contributed by atoms with Crippen molar-refractivity contribution in [1.82, 2.24) is 15.2 Å². The largest absolute Gasteiger partial charge is 0.385 e. The van der Waals surface area contributed by atoms with E-state index >= 15 is 0 Å². The molecule has 0 aliphatic carbocycles. The summed E-state index contributed by atoms with van der Waals surface area (Å²) in [5.74, 6) is 1.44. The van der Waals surface area contributed by atoms with Crippen molar-refractivity contribution in [2.75, 3.05) is 40.5 Å². The highest BCUT2D eigenvalue weighted by atomic mass is 127. The summed E-state index contributed by atoms with van der Waals surface area (Å²) < 4.78 is 11.0. The van der Waals surface area contributed by atoms with Gasteiger partial charge in [0.15, 0.2) is 5.96 Å². The van der Waals surface area contributed by atoms with Crippen LogP contribution < -0.4 is 5.32 Å². The number of halogens is 1. The van der Waals surface area contributed by atoms with E-state index in [1.807, 2.05) is 7.05 Å². The first-order valence-corrected chi connectivity index (χ1v) is 10.0. The smallest absolute Gasteiger partial charge is 0.193 e. The number of hydrogen-bond donors (Lipinski definition) is 1. The number of guanidine groups is 1. The van der Waals surface area contributed by atoms with Gasteiger partial charge in [0.05, 0.1) is 23.4 Å². The molecule has 1 aliphatic rings. The van der Waals surface area contributed by atoms with Gasteiger partial charge in [-0.3, -0.25) is 4.99 Å². The Hall–Kier alpha value is -0.450. The van der Waals surface area contributed by atoms with Crippen molar-refractivity contribution in [3.8, 4) is 0 Å². The highest BCUT2D eigenvalue weighted by Gasteiger charge is 2.21. The highest BCUT2D eigenvalue weighted by Crippen LogP contribution is 2.19. The molecule has 150 valence electrons. The minimum atomic E-state index is 0. The summed E-state index contributed by atoms with van der Waals surface area (Å²) in [7, 11) is 3.57. The molecule has 8 heteroatoms. The fraction of sp³-hybridized carbons (Fsp3) is 0.778. The normalized spacial score (nSPS) is 16.0. The van der Waals surface area contributed by atoms with E-state index < -0.39 is 0 Å². The fourth-order valence-electron chi connectivity index (χ4n) is 2.86. The van der Waals surface area contributed by atoms with E-state index in [9.17, 15) is 0 Å². The van der Waals surface area contributed by atoms with E-state index in [2.05, 4.69) is 39.4 Å². The molecule has 1 aromatic rings. The van der Waals surface area contributed by atoms with Crippen molar-refractivity contribution >= 4 is 41.3 Å². The van der Waals surface area contributed by atoms with Crippen molar-refractivity contribution in [3.05, 3.63) is 16.1 Å². The number of likely N-dealkylation sites (tertiary alicyclic amines) is 1. The van der Waals surface area contributed by atoms with Crippen LogP contribution in [0.25, 0.3) is 0 Å². The van der Waals surface area contributed by atoms with Gasteiger partial charge in [-0.2, -0.15) is 0 Å². The first-order valence-electron chi connectivity index (χ1n) is 9.14. The summed E-state index contributed by atoms with van der Waals surface area (Å²) in [5, 5.41) is 6.77. The molecule has 1 aliphatic heterocycles. The maximum atomic E-state index is 5.93. The average Bonchev–Trinajstić information content (AvgIpc) is 3.10. The number of nitrogens with one attached hydrogen (secondary N) is 1. The van der Waals surface area contributed by atoms with Crippen LogP contribution in [0.2, 0.25) is 0 Å². The molecule has 0 radical (unpaired) electrons. The summed E-state index contributed by atoms with van der Waals surface area (Å²) in [6, 6.07) is 0. The predicted molar refractivity (Wildman–Crippen MR) is 119 cm³/mol. The van der Waals surface area contributed by atoms with Gasteiger partial charge in [0.25, 0.3) is 0 Å². The molecule has 1 fully saturated rings. The Labute approximate surface area is 178 Å². The van der Waals surface area contributed by atoms with Gasteiger partial charge in [-0.05, 0) is 19.3 Å². The number of aliphatic imine (C=N–C) groups is 1. The summed E-state index contributed by atoms with van der Waals surface area (Å²) in [5.41, 5.74) is 1.09. The van der Waals surface area contributed by atoms with Crippen LogP contribution >= 0.6 is 35.3 Å². The monoisotopic (exact) mass is 496 g/mol. The van der Waals surface area contributed by atoms with Crippen LogP contribution in [0, 0.1) is 0 Å². The summed E-state index contributed by atoms with van der Waals surface area (Å²) in [4.78, 5) is 11.4. The van der Waals surface area contributed by atoms with Crippen LogP contribution in [0.4, 0.5) is 0 Å². The first kappa shape index (κ1) is 23.6. The molecule has 1 N–H and O–H groups in total. The second-order valence-electron chi connectivity index (χ2n) is 6.64. The van der Waals surface area contributed by atoms with Gasteiger partial charge in [-0.25, -0.2) is 4.98 Å². The van der Waals surface area contributed by atoms with Gasteiger partial charge in [0.1, 0.15) is 0 Å². The molecule has 0 saturated carbocycles. The van der Waals surface area contributed by atoms with E-state index in [1.54, 1.807) is 18.4 Å². The van der Waals surface area contributed by atoms with Gasteiger partial charge in [-0.1, -0.05) is 13.8 Å². The van der Waals surface area contributed by atoms with Crippen molar-refractivity contribution in [3.63, 3.8) is 0 Å². The molecule has 0 spiro atoms. The van der Waals surface area contributed by atoms with Gasteiger partial charge in [0, 0.05) is 51.8 Å². The van der Waals surface area contributed by atoms with E-state index in [1.165, 1.54) is 5.01 Å². The number of methoxy groups -OCH3 is 1. The lowest BCUT2D eigenvalue weighted by Crippen LogP contribution is -2.46. The zero-order valence-corrected chi connectivity index (χ0v) is 19.5. The lowest BCUT2D eigenvalue weighted by atomic mass is 10.1. The SMILES string of the molecule is CN=C(NCc1csc(C(C)C)n1)N1CCC(OCCCOC)CC1.I. The fourth-order valence-corrected chi connectivity index (χ4v) is 3.69. The van der Waals surface area contributed by atoms with Gasteiger partial charge in [0.2, 0.25) is 0 Å². The van der Waals surface area contributed by atoms with Gasteiger partial charge < -0.3 is 19.7 Å². The predicted octanol–water partition coefficient (Wildman–Crippen LogP) is 3.48. The Morgan fingerprint density at radius 3 is 2.69 bits per heavy atom. The molecule has 6 nitrogen and oxygen atoms in total. The Morgan fingerprint density at radius 2 is 2.12 bits per heavy atom. The molecular weight excluding hydrogens is 463 g/mol. The van der Waals surface area contributed by atoms with Crippen LogP contribution in [-0.4, -0.2) is 62.4 Å². The molecular formula is C18H33IN4O2S. The third-order valence-electron chi connectivity index (χ3n) is 4.29. The van der Waals surface area contributed by atoms with E-state index in [-0.39, 0.29) is 24.0 Å². The minimum absolute atomic E-state index is 0. The molecule has 0 aromatic carbocycles. The third kappa shape index (κ3) is 7.66. The quantitative estimate of drug-likeness (QED) is 0.259. The number of ether oxygens (including phenoxy) is 2. The number of hydrogen-bond acceptors (Lipinski definition) is 5. The Morgan fingerprint density at radius 1 is 1.38 bits per heavy atom. The van der Waals surface area contributed by atoms with Crippen LogP contribution in [-0.2, 0) is 16.0 Å². The van der Waals surface area contributed by atoms with Crippen molar-refractivity contribution in [2.45, 2.75) is 51.7 Å². The van der Waals surface area contributed by atoms with Crippen molar-refractivity contribution in [1.29, 1.82) is 0 Å². The van der Waals surface area contributed by atoms with Crippen LogP contribution in [0.1, 0.15) is 49.7 Å². The van der Waals surface area contributed by atoms with E-state index in [0.717, 1.165) is 63.8 Å². The zero-order valence-electron chi connectivity index (χ0n) is 16.4. The zero-order chi connectivity index (χ0) is 18.1. The number of thiazole rings is 1. The van der Waals surface area contributed by atoms with E-state index in [0.29, 0.717) is 12.0 Å². The van der Waals surface area contributed by atoms with Gasteiger partial charge >= 0.3 is 0 Å². The molecule has 0 atom stereocenters. The first-order chi connectivity index (χ1) is 12.1. The minimum Gasteiger partial charge on any atom is -0.385 e. The van der Waals surface area contributed by atoms with Crippen molar-refractivity contribution < 1.29 is 9.47 Å². The highest BCUT2D eigenvalue weighted by molar-refractivity contribution is 14.0. The molecule has 0 bridgehead atoms. The second-order valence-corrected chi connectivity index (χ2v) is 7.53. The topological polar surface area (TPSA) is 59.0 Å². The Bertz CT molecular complexity index is 531. The van der Waals surface area contributed by atoms with E-state index in [4.69, 9.17) is 9.47 Å². The number of nitrogens with zero attached hydrogens (tertiary/aromatic N) is 3. The summed E-state index contributed by atoms with van der Waals surface area (Å²) >= 11 is 1.73. The lowest BCUT2D eigenvalue weighted by Gasteiger charge is -2.34. The maximum absolute atomic E-state index is 5.93. The molecule has 2 heterocycles. The summed E-state index contributed by atoms with van der Waals surface area (Å²) in [6.45, 7) is 8.58. The molecule has 0 unspecified atom stereocenters. The number of piperidine rings is 1. The maximum Gasteiger partial charge on any atom is 0.193 e. The second kappa shape index (κ2) is 12.9. The molecule has 2 rings (SSSR count). The number of rotatable bonds is 8. The standard InChI is InChI=1S/C18H32N4O2S.HI/c1-14(2)17-21-15(13-25-17)12-20-18(19-3)22-8-6-16(7-9-22)24-11-5-10-23-4;/h13-14,16H,5-12H2,1-4H3,(H,19,20);1H. The molecule has 1 aromatic heterocycles. The number of aromatic nitrogens is 1. The van der Waals surface area contributed by atoms with Gasteiger partial charge in [-0.15, -0.1) is 35.3 Å². The Balaban J connectivity index is 0.00000338. The van der Waals surface area contributed by atoms with Crippen LogP contribution in [0.3, 0.4) is 0 Å². The molecule has 1 saturated heterocycles. The molecule has 0 amide bonds.